The Kier molecular flexibility index (Phi) is 6.43. The maximum atomic E-state index is 11.9. The number of rotatable bonds is 6. The van der Waals surface area contributed by atoms with E-state index in [-0.39, 0.29) is 19.2 Å². The van der Waals surface area contributed by atoms with Crippen LogP contribution in [0.2, 0.25) is 5.02 Å². The number of nitrogens with one attached hydrogen (secondary N) is 1. The third-order valence-corrected chi connectivity index (χ3v) is 7.69. The molecule has 6 rings (SSSR count). The van der Waals surface area contributed by atoms with Crippen molar-refractivity contribution in [3.05, 3.63) is 66.3 Å². The van der Waals surface area contributed by atoms with Gasteiger partial charge in [-0.1, -0.05) is 41.9 Å². The summed E-state index contributed by atoms with van der Waals surface area (Å²) in [5, 5.41) is 10.8. The fourth-order valence-electron chi connectivity index (χ4n) is 4.90. The lowest BCUT2D eigenvalue weighted by atomic mass is 9.92. The van der Waals surface area contributed by atoms with E-state index in [0.29, 0.717) is 27.6 Å². The fourth-order valence-corrected chi connectivity index (χ4v) is 5.78. The van der Waals surface area contributed by atoms with E-state index in [4.69, 9.17) is 25.8 Å². The summed E-state index contributed by atoms with van der Waals surface area (Å²) >= 11 is 6.59. The normalized spacial score (nSPS) is 24.6. The van der Waals surface area contributed by atoms with Gasteiger partial charge in [0.2, 0.25) is 0 Å². The molecule has 1 aromatic carbocycles. The van der Waals surface area contributed by atoms with Crippen LogP contribution in [0, 0.1) is 0 Å². The molecule has 0 spiro atoms. The summed E-state index contributed by atoms with van der Waals surface area (Å²) in [5.74, 6) is 0. The standard InChI is InChI=1S/C27H26ClN5O5S/c1-4-27-22(34)14-36-24(27)21(13-37-27)38-26-30-20-11-18(28)23(31-25(20)32-26)16-7-5-15(6-8-16)19-10-9-17(12-29-19)33-39(2,3)35/h4-12,21-22,24,34H,1,13-14H2,2-3H3,(H,30,31,32)/t21-,22-,24-,27?/m1/s1. The zero-order chi connectivity index (χ0) is 27.4. The van der Waals surface area contributed by atoms with Gasteiger partial charge in [-0.15, -0.1) is 6.58 Å². The summed E-state index contributed by atoms with van der Waals surface area (Å²) in [4.78, 5) is 16.7. The molecule has 1 unspecified atom stereocenters. The zero-order valence-electron chi connectivity index (χ0n) is 21.2. The first kappa shape index (κ1) is 25.9. The van der Waals surface area contributed by atoms with Crippen molar-refractivity contribution in [1.29, 1.82) is 0 Å². The molecule has 5 heterocycles. The molecule has 0 saturated carbocycles. The topological polar surface area (TPSA) is 132 Å². The van der Waals surface area contributed by atoms with Crippen LogP contribution < -0.4 is 4.74 Å². The second-order valence-corrected chi connectivity index (χ2v) is 12.7. The molecule has 2 N–H and O–H groups in total. The van der Waals surface area contributed by atoms with Crippen LogP contribution in [0.4, 0.5) is 5.69 Å². The predicted octanol–water partition coefficient (Wildman–Crippen LogP) is 4.16. The van der Waals surface area contributed by atoms with Gasteiger partial charge in [-0.3, -0.25) is 4.98 Å². The van der Waals surface area contributed by atoms with Gasteiger partial charge >= 0.3 is 0 Å². The van der Waals surface area contributed by atoms with Gasteiger partial charge < -0.3 is 24.3 Å². The highest BCUT2D eigenvalue weighted by Crippen LogP contribution is 2.40. The molecule has 0 aliphatic carbocycles. The minimum atomic E-state index is -2.25. The van der Waals surface area contributed by atoms with Gasteiger partial charge in [-0.05, 0) is 18.2 Å². The molecule has 3 aromatic heterocycles. The number of hydrogen-bond donors (Lipinski definition) is 2. The minimum absolute atomic E-state index is 0.147. The van der Waals surface area contributed by atoms with E-state index in [0.717, 1.165) is 16.8 Å². The highest BCUT2D eigenvalue weighted by molar-refractivity contribution is 7.92. The Morgan fingerprint density at radius 2 is 1.97 bits per heavy atom. The average molecular weight is 568 g/mol. The number of aromatic nitrogens is 4. The minimum Gasteiger partial charge on any atom is -0.456 e. The highest BCUT2D eigenvalue weighted by Gasteiger charge is 2.59. The van der Waals surface area contributed by atoms with Crippen molar-refractivity contribution < 1.29 is 23.5 Å². The Labute approximate surface area is 230 Å². The maximum Gasteiger partial charge on any atom is 0.296 e. The number of H-pyrrole nitrogens is 1. The first-order valence-electron chi connectivity index (χ1n) is 12.2. The van der Waals surface area contributed by atoms with E-state index in [1.807, 2.05) is 30.3 Å². The molecule has 4 atom stereocenters. The van der Waals surface area contributed by atoms with Gasteiger partial charge in [-0.2, -0.15) is 9.35 Å². The number of halogens is 1. The molecule has 39 heavy (non-hydrogen) atoms. The Hall–Kier alpha value is -3.35. The number of nitrogens with zero attached hydrogens (tertiary/aromatic N) is 4. The summed E-state index contributed by atoms with van der Waals surface area (Å²) in [5.41, 5.74) is 3.71. The maximum absolute atomic E-state index is 11.9. The summed E-state index contributed by atoms with van der Waals surface area (Å²) in [6, 6.07) is 13.3. The molecule has 0 radical (unpaired) electrons. The van der Waals surface area contributed by atoms with E-state index in [1.165, 1.54) is 0 Å². The Bertz CT molecular complexity index is 1680. The van der Waals surface area contributed by atoms with Crippen LogP contribution in [0.1, 0.15) is 0 Å². The molecular formula is C27H26ClN5O5S. The van der Waals surface area contributed by atoms with Crippen molar-refractivity contribution in [2.24, 2.45) is 4.36 Å². The molecule has 0 amide bonds. The van der Waals surface area contributed by atoms with Crippen LogP contribution in [-0.4, -0.2) is 78.9 Å². The molecule has 12 heteroatoms. The zero-order valence-corrected chi connectivity index (χ0v) is 22.8. The van der Waals surface area contributed by atoms with E-state index in [9.17, 15) is 9.32 Å². The van der Waals surface area contributed by atoms with Gasteiger partial charge in [-0.25, -0.2) is 9.19 Å². The van der Waals surface area contributed by atoms with Crippen molar-refractivity contribution in [1.82, 2.24) is 19.9 Å². The lowest BCUT2D eigenvalue weighted by Gasteiger charge is -2.26. The molecule has 0 bridgehead atoms. The van der Waals surface area contributed by atoms with Crippen LogP contribution in [0.25, 0.3) is 33.7 Å². The average Bonchev–Trinajstić information content (AvgIpc) is 3.56. The molecule has 10 nitrogen and oxygen atoms in total. The number of aromatic amines is 1. The number of hydrogen-bond acceptors (Lipinski definition) is 9. The molecule has 4 aromatic rings. The molecule has 2 saturated heterocycles. The van der Waals surface area contributed by atoms with E-state index >= 15 is 0 Å². The van der Waals surface area contributed by atoms with Crippen LogP contribution >= 0.6 is 11.6 Å². The Balaban J connectivity index is 1.22. The number of ether oxygens (including phenoxy) is 3. The largest absolute Gasteiger partial charge is 0.456 e. The van der Waals surface area contributed by atoms with E-state index in [1.54, 1.807) is 36.9 Å². The summed E-state index contributed by atoms with van der Waals surface area (Å²) < 4.78 is 33.7. The van der Waals surface area contributed by atoms with Gasteiger partial charge in [0.05, 0.1) is 47.0 Å². The van der Waals surface area contributed by atoms with Gasteiger partial charge in [0, 0.05) is 33.4 Å². The number of aliphatic hydroxyl groups is 1. The Morgan fingerprint density at radius 3 is 2.67 bits per heavy atom. The van der Waals surface area contributed by atoms with Crippen LogP contribution in [0.3, 0.4) is 0 Å². The lowest BCUT2D eigenvalue weighted by molar-refractivity contribution is -0.0398. The van der Waals surface area contributed by atoms with Gasteiger partial charge in [0.25, 0.3) is 6.01 Å². The predicted molar refractivity (Wildman–Crippen MR) is 149 cm³/mol. The van der Waals surface area contributed by atoms with Crippen LogP contribution in [0.15, 0.2) is 65.7 Å². The summed E-state index contributed by atoms with van der Waals surface area (Å²) in [6.45, 7) is 4.17. The van der Waals surface area contributed by atoms with Crippen LogP contribution in [0.5, 0.6) is 6.01 Å². The van der Waals surface area contributed by atoms with E-state index in [2.05, 4.69) is 30.9 Å². The van der Waals surface area contributed by atoms with Crippen molar-refractivity contribution in [2.45, 2.75) is 23.9 Å². The third kappa shape index (κ3) is 4.81. The number of benzene rings is 1. The lowest BCUT2D eigenvalue weighted by Crippen LogP contribution is -2.46. The van der Waals surface area contributed by atoms with Crippen LogP contribution in [-0.2, 0) is 19.2 Å². The fraction of sp³-hybridized carbons (Fsp3) is 0.296. The second kappa shape index (κ2) is 9.68. The molecular weight excluding hydrogens is 542 g/mol. The first-order valence-corrected chi connectivity index (χ1v) is 14.9. The second-order valence-electron chi connectivity index (χ2n) is 9.78. The van der Waals surface area contributed by atoms with Gasteiger partial charge in [0.1, 0.15) is 17.8 Å². The van der Waals surface area contributed by atoms with Crippen molar-refractivity contribution >= 4 is 38.2 Å². The van der Waals surface area contributed by atoms with Crippen molar-refractivity contribution in [3.63, 3.8) is 0 Å². The summed E-state index contributed by atoms with van der Waals surface area (Å²) in [7, 11) is -2.25. The third-order valence-electron chi connectivity index (χ3n) is 6.75. The number of pyridine rings is 2. The molecule has 2 fully saturated rings. The number of fused-ring (bicyclic) bond motifs is 2. The number of imidazole rings is 1. The molecule has 202 valence electrons. The van der Waals surface area contributed by atoms with Crippen molar-refractivity contribution in [3.8, 4) is 28.5 Å². The summed E-state index contributed by atoms with van der Waals surface area (Å²) in [6.07, 6.45) is 4.57. The first-order chi connectivity index (χ1) is 18.6. The molecule has 2 aliphatic heterocycles. The van der Waals surface area contributed by atoms with Crippen molar-refractivity contribution in [2.75, 3.05) is 25.7 Å². The molecule has 2 aliphatic rings. The smallest absolute Gasteiger partial charge is 0.296 e. The van der Waals surface area contributed by atoms with Gasteiger partial charge in [0.15, 0.2) is 11.8 Å². The SMILES string of the molecule is C=CC12OC[C@@H](Oc3nc4nc(-c5ccc(-c6ccc(N=S(C)(C)=O)cn6)cc5)c(Cl)cc4[nH]3)[C@H]1OC[C@H]2O. The Morgan fingerprint density at radius 1 is 1.21 bits per heavy atom. The number of aliphatic hydroxyl groups excluding tert-OH is 1. The quantitative estimate of drug-likeness (QED) is 0.332. The highest BCUT2D eigenvalue weighted by atomic mass is 35.5. The monoisotopic (exact) mass is 567 g/mol. The van der Waals surface area contributed by atoms with E-state index < -0.39 is 33.6 Å².